The van der Waals surface area contributed by atoms with Crippen molar-refractivity contribution in [3.8, 4) is 0 Å². The quantitative estimate of drug-likeness (QED) is 0.214. The highest BCUT2D eigenvalue weighted by Crippen LogP contribution is 2.29. The Balaban J connectivity index is 1.81. The lowest BCUT2D eigenvalue weighted by atomic mass is 10.0. The van der Waals surface area contributed by atoms with Gasteiger partial charge in [-0.15, -0.1) is 0 Å². The number of sulfonamides is 1. The predicted molar refractivity (Wildman–Crippen MR) is 172 cm³/mol. The minimum absolute atomic E-state index is 0.0481. The van der Waals surface area contributed by atoms with Crippen LogP contribution in [0.25, 0.3) is 0 Å². The number of rotatable bonds is 12. The standard InChI is InChI=1S/C34H36ClN3O4S/c1-4-36-34(40)32(22-27-13-7-5-8-14-27)37(23-28-15-11-12-25(2)20-28)33(39)24-38(31-19-18-29(35)21-26(31)3)43(41,42)30-16-9-6-10-17-30/h5-21,32H,4,22-24H2,1-3H3,(H,36,40)/t32-/m1/s1. The van der Waals surface area contributed by atoms with E-state index in [0.29, 0.717) is 22.8 Å². The van der Waals surface area contributed by atoms with Gasteiger partial charge < -0.3 is 10.2 Å². The molecule has 9 heteroatoms. The lowest BCUT2D eigenvalue weighted by Gasteiger charge is -2.34. The van der Waals surface area contributed by atoms with Gasteiger partial charge in [0.2, 0.25) is 11.8 Å². The molecule has 4 rings (SSSR count). The van der Waals surface area contributed by atoms with Gasteiger partial charge in [-0.3, -0.25) is 13.9 Å². The highest BCUT2D eigenvalue weighted by Gasteiger charge is 2.35. The third-order valence-electron chi connectivity index (χ3n) is 7.10. The van der Waals surface area contributed by atoms with Crippen molar-refractivity contribution in [3.05, 3.63) is 130 Å². The van der Waals surface area contributed by atoms with E-state index in [-0.39, 0.29) is 23.8 Å². The molecular weight excluding hydrogens is 582 g/mol. The van der Waals surface area contributed by atoms with E-state index in [1.54, 1.807) is 43.3 Å². The second-order valence-corrected chi connectivity index (χ2v) is 12.7. The first-order valence-corrected chi connectivity index (χ1v) is 15.9. The van der Waals surface area contributed by atoms with E-state index in [9.17, 15) is 18.0 Å². The van der Waals surface area contributed by atoms with E-state index in [2.05, 4.69) is 5.32 Å². The Bertz CT molecular complexity index is 1660. The predicted octanol–water partition coefficient (Wildman–Crippen LogP) is 5.93. The van der Waals surface area contributed by atoms with Gasteiger partial charge in [0.1, 0.15) is 12.6 Å². The zero-order valence-corrected chi connectivity index (χ0v) is 26.1. The van der Waals surface area contributed by atoms with Gasteiger partial charge in [-0.25, -0.2) is 8.42 Å². The van der Waals surface area contributed by atoms with Gasteiger partial charge in [0, 0.05) is 24.5 Å². The molecule has 0 unspecified atom stereocenters. The first-order valence-electron chi connectivity index (χ1n) is 14.1. The zero-order chi connectivity index (χ0) is 31.0. The van der Waals surface area contributed by atoms with Crippen molar-refractivity contribution in [2.24, 2.45) is 0 Å². The van der Waals surface area contributed by atoms with Crippen LogP contribution in [0.2, 0.25) is 5.02 Å². The molecule has 0 fully saturated rings. The number of amides is 2. The van der Waals surface area contributed by atoms with Gasteiger partial charge in [0.15, 0.2) is 0 Å². The molecule has 0 aliphatic heterocycles. The number of hydrogen-bond acceptors (Lipinski definition) is 4. The molecule has 0 radical (unpaired) electrons. The second kappa shape index (κ2) is 14.4. The Morgan fingerprint density at radius 3 is 2.12 bits per heavy atom. The van der Waals surface area contributed by atoms with Gasteiger partial charge in [-0.1, -0.05) is 90.0 Å². The van der Waals surface area contributed by atoms with Crippen molar-refractivity contribution >= 4 is 39.1 Å². The number of halogens is 1. The Labute approximate surface area is 259 Å². The van der Waals surface area contributed by atoms with Crippen LogP contribution in [-0.2, 0) is 32.6 Å². The first kappa shape index (κ1) is 31.8. The summed E-state index contributed by atoms with van der Waals surface area (Å²) >= 11 is 6.21. The third-order valence-corrected chi connectivity index (χ3v) is 9.10. The van der Waals surface area contributed by atoms with Crippen LogP contribution in [0.4, 0.5) is 5.69 Å². The summed E-state index contributed by atoms with van der Waals surface area (Å²) in [5, 5.41) is 3.32. The summed E-state index contributed by atoms with van der Waals surface area (Å²) in [6.07, 6.45) is 0.260. The van der Waals surface area contributed by atoms with E-state index in [0.717, 1.165) is 21.0 Å². The summed E-state index contributed by atoms with van der Waals surface area (Å²) in [5.41, 5.74) is 3.64. The highest BCUT2D eigenvalue weighted by atomic mass is 35.5. The van der Waals surface area contributed by atoms with Crippen molar-refractivity contribution in [1.29, 1.82) is 0 Å². The molecule has 0 bridgehead atoms. The number of nitrogens with zero attached hydrogens (tertiary/aromatic N) is 2. The van der Waals surface area contributed by atoms with Gasteiger partial charge >= 0.3 is 0 Å². The molecule has 0 heterocycles. The number of nitrogens with one attached hydrogen (secondary N) is 1. The summed E-state index contributed by atoms with van der Waals surface area (Å²) < 4.78 is 29.3. The topological polar surface area (TPSA) is 86.8 Å². The van der Waals surface area contributed by atoms with E-state index < -0.39 is 28.5 Å². The highest BCUT2D eigenvalue weighted by molar-refractivity contribution is 7.92. The second-order valence-electron chi connectivity index (χ2n) is 10.4. The molecule has 224 valence electrons. The SMILES string of the molecule is CCNC(=O)[C@@H](Cc1ccccc1)N(Cc1cccc(C)c1)C(=O)CN(c1ccc(Cl)cc1C)S(=O)(=O)c1ccccc1. The minimum Gasteiger partial charge on any atom is -0.355 e. The largest absolute Gasteiger partial charge is 0.355 e. The Kier molecular flexibility index (Phi) is 10.6. The van der Waals surface area contributed by atoms with Crippen LogP contribution in [-0.4, -0.2) is 44.3 Å². The molecule has 0 spiro atoms. The molecule has 0 aliphatic rings. The number of carbonyl (C=O) groups excluding carboxylic acids is 2. The maximum Gasteiger partial charge on any atom is 0.264 e. The summed E-state index contributed by atoms with van der Waals surface area (Å²) in [4.78, 5) is 29.5. The van der Waals surface area contributed by atoms with E-state index in [1.165, 1.54) is 17.0 Å². The fraction of sp³-hybridized carbons (Fsp3) is 0.235. The maximum absolute atomic E-state index is 14.4. The fourth-order valence-electron chi connectivity index (χ4n) is 4.98. The summed E-state index contributed by atoms with van der Waals surface area (Å²) in [7, 11) is -4.17. The maximum atomic E-state index is 14.4. The number of anilines is 1. The Morgan fingerprint density at radius 2 is 1.49 bits per heavy atom. The monoisotopic (exact) mass is 617 g/mol. The summed E-state index contributed by atoms with van der Waals surface area (Å²) in [6, 6.07) is 29.1. The van der Waals surface area contributed by atoms with Crippen molar-refractivity contribution in [2.75, 3.05) is 17.4 Å². The van der Waals surface area contributed by atoms with Crippen LogP contribution in [0.1, 0.15) is 29.2 Å². The number of hydrogen-bond donors (Lipinski definition) is 1. The van der Waals surface area contributed by atoms with Crippen LogP contribution in [0.15, 0.2) is 108 Å². The van der Waals surface area contributed by atoms with Crippen LogP contribution in [0.3, 0.4) is 0 Å². The van der Waals surface area contributed by atoms with Crippen molar-refractivity contribution in [3.63, 3.8) is 0 Å². The molecule has 4 aromatic rings. The Hall–Kier alpha value is -4.14. The summed E-state index contributed by atoms with van der Waals surface area (Å²) in [5.74, 6) is -0.824. The van der Waals surface area contributed by atoms with Crippen LogP contribution >= 0.6 is 11.6 Å². The first-order chi connectivity index (χ1) is 20.6. The van der Waals surface area contributed by atoms with Gasteiger partial charge in [-0.05, 0) is 67.8 Å². The van der Waals surface area contributed by atoms with Crippen molar-refractivity contribution in [2.45, 2.75) is 44.7 Å². The normalized spacial score (nSPS) is 11.9. The van der Waals surface area contributed by atoms with Crippen LogP contribution in [0.5, 0.6) is 0 Å². The van der Waals surface area contributed by atoms with Crippen LogP contribution < -0.4 is 9.62 Å². The molecule has 43 heavy (non-hydrogen) atoms. The molecule has 1 atom stereocenters. The van der Waals surface area contributed by atoms with Crippen LogP contribution in [0, 0.1) is 13.8 Å². The molecule has 0 aliphatic carbocycles. The molecular formula is C34H36ClN3O4S. The van der Waals surface area contributed by atoms with E-state index >= 15 is 0 Å². The van der Waals surface area contributed by atoms with E-state index in [1.807, 2.05) is 68.4 Å². The minimum atomic E-state index is -4.17. The molecule has 1 N–H and O–H groups in total. The number of likely N-dealkylation sites (N-methyl/N-ethyl adjacent to an activating group) is 1. The molecule has 4 aromatic carbocycles. The van der Waals surface area contributed by atoms with Crippen molar-refractivity contribution in [1.82, 2.24) is 10.2 Å². The number of benzene rings is 4. The molecule has 2 amide bonds. The van der Waals surface area contributed by atoms with Crippen molar-refractivity contribution < 1.29 is 18.0 Å². The molecule has 0 aromatic heterocycles. The molecule has 0 saturated heterocycles. The lowest BCUT2D eigenvalue weighted by Crippen LogP contribution is -2.53. The fourth-order valence-corrected chi connectivity index (χ4v) is 6.71. The molecule has 7 nitrogen and oxygen atoms in total. The molecule has 0 saturated carbocycles. The average Bonchev–Trinajstić information content (AvgIpc) is 2.99. The number of carbonyl (C=O) groups is 2. The van der Waals surface area contributed by atoms with E-state index in [4.69, 9.17) is 11.6 Å². The van der Waals surface area contributed by atoms with Gasteiger partial charge in [0.05, 0.1) is 10.6 Å². The summed E-state index contributed by atoms with van der Waals surface area (Å²) in [6.45, 7) is 5.51. The smallest absolute Gasteiger partial charge is 0.264 e. The zero-order valence-electron chi connectivity index (χ0n) is 24.5. The van der Waals surface area contributed by atoms with Gasteiger partial charge in [-0.2, -0.15) is 0 Å². The number of aryl methyl sites for hydroxylation is 2. The average molecular weight is 618 g/mol. The third kappa shape index (κ3) is 8.03. The Morgan fingerprint density at radius 1 is 0.837 bits per heavy atom. The van der Waals surface area contributed by atoms with Gasteiger partial charge in [0.25, 0.3) is 10.0 Å². The lowest BCUT2D eigenvalue weighted by molar-refractivity contribution is -0.140.